The number of fused-ring (bicyclic) bond motifs is 1. The number of esters is 1. The number of carbonyl (C=O) groups is 2. The minimum atomic E-state index is -4.52. The van der Waals surface area contributed by atoms with Crippen molar-refractivity contribution >= 4 is 12.1 Å². The molecule has 0 N–H and O–H groups in total. The standard InChI is InChI=1S/C28H30F3N3O4/c1-5-13-33-14-12-19-15-22(11-8-20(19)16-33)37-25(35)23-17-34(26(36)38-27(2,3)4)32-24(23)18-6-9-21(10-7-18)28(29,30)31/h6-11,15,17H,5,12-14,16H2,1-4H3. The van der Waals surface area contributed by atoms with E-state index in [1.165, 1.54) is 23.9 Å². The zero-order valence-corrected chi connectivity index (χ0v) is 21.8. The largest absolute Gasteiger partial charge is 0.442 e. The minimum Gasteiger partial charge on any atom is -0.442 e. The summed E-state index contributed by atoms with van der Waals surface area (Å²) in [7, 11) is 0. The molecule has 7 nitrogen and oxygen atoms in total. The highest BCUT2D eigenvalue weighted by Gasteiger charge is 2.31. The molecule has 202 valence electrons. The van der Waals surface area contributed by atoms with Gasteiger partial charge < -0.3 is 9.47 Å². The second-order valence-electron chi connectivity index (χ2n) is 10.2. The number of hydrogen-bond donors (Lipinski definition) is 0. The maximum atomic E-state index is 13.2. The van der Waals surface area contributed by atoms with Crippen LogP contribution in [0.1, 0.15) is 61.2 Å². The summed E-state index contributed by atoms with van der Waals surface area (Å²) in [5.74, 6) is -0.459. The quantitative estimate of drug-likeness (QED) is 0.284. The average molecular weight is 530 g/mol. The summed E-state index contributed by atoms with van der Waals surface area (Å²) in [6.07, 6.45) is -2.28. The molecule has 1 aromatic heterocycles. The molecule has 1 aliphatic rings. The number of benzene rings is 2. The van der Waals surface area contributed by atoms with E-state index < -0.39 is 29.4 Å². The molecule has 38 heavy (non-hydrogen) atoms. The van der Waals surface area contributed by atoms with Crippen molar-refractivity contribution in [3.05, 3.63) is 70.9 Å². The van der Waals surface area contributed by atoms with Gasteiger partial charge in [-0.3, -0.25) is 4.90 Å². The minimum absolute atomic E-state index is 0.00255. The first-order chi connectivity index (χ1) is 17.8. The lowest BCUT2D eigenvalue weighted by Gasteiger charge is -2.28. The molecule has 0 atom stereocenters. The number of aromatic nitrogens is 2. The molecule has 0 fully saturated rings. The van der Waals surface area contributed by atoms with Gasteiger partial charge in [-0.2, -0.15) is 23.0 Å². The zero-order valence-electron chi connectivity index (χ0n) is 21.8. The molecular weight excluding hydrogens is 499 g/mol. The predicted molar refractivity (Wildman–Crippen MR) is 135 cm³/mol. The van der Waals surface area contributed by atoms with Crippen LogP contribution in [0.5, 0.6) is 5.75 Å². The molecule has 3 aromatic rings. The third-order valence-electron chi connectivity index (χ3n) is 6.02. The van der Waals surface area contributed by atoms with Crippen LogP contribution >= 0.6 is 0 Å². The third-order valence-corrected chi connectivity index (χ3v) is 6.02. The van der Waals surface area contributed by atoms with Crippen LogP contribution < -0.4 is 4.74 Å². The maximum absolute atomic E-state index is 13.2. The fraction of sp³-hybridized carbons (Fsp3) is 0.393. The van der Waals surface area contributed by atoms with Gasteiger partial charge in [0.25, 0.3) is 0 Å². The number of ether oxygens (including phenoxy) is 2. The summed E-state index contributed by atoms with van der Waals surface area (Å²) in [6, 6.07) is 9.64. The van der Waals surface area contributed by atoms with Crippen LogP contribution in [0.4, 0.5) is 18.0 Å². The smallest absolute Gasteiger partial charge is 0.435 e. The zero-order chi connectivity index (χ0) is 27.7. The molecule has 0 aliphatic carbocycles. The van der Waals surface area contributed by atoms with E-state index in [4.69, 9.17) is 9.47 Å². The molecule has 2 aromatic carbocycles. The summed E-state index contributed by atoms with van der Waals surface area (Å²) < 4.78 is 51.0. The van der Waals surface area contributed by atoms with Gasteiger partial charge in [0, 0.05) is 18.7 Å². The first-order valence-corrected chi connectivity index (χ1v) is 12.4. The Labute approximate surface area is 219 Å². The van der Waals surface area contributed by atoms with Gasteiger partial charge in [-0.15, -0.1) is 0 Å². The van der Waals surface area contributed by atoms with Crippen molar-refractivity contribution in [2.24, 2.45) is 0 Å². The highest BCUT2D eigenvalue weighted by atomic mass is 19.4. The topological polar surface area (TPSA) is 73.7 Å². The van der Waals surface area contributed by atoms with Crippen LogP contribution in [0.2, 0.25) is 0 Å². The molecule has 2 heterocycles. The second kappa shape index (κ2) is 10.6. The van der Waals surface area contributed by atoms with E-state index in [1.807, 2.05) is 12.1 Å². The molecule has 0 saturated heterocycles. The van der Waals surface area contributed by atoms with E-state index in [1.54, 1.807) is 26.8 Å². The summed E-state index contributed by atoms with van der Waals surface area (Å²) in [6.45, 7) is 9.94. The van der Waals surface area contributed by atoms with E-state index >= 15 is 0 Å². The second-order valence-corrected chi connectivity index (χ2v) is 10.2. The molecule has 0 bridgehead atoms. The highest BCUT2D eigenvalue weighted by Crippen LogP contribution is 2.32. The molecule has 0 spiro atoms. The molecule has 0 unspecified atom stereocenters. The molecular formula is C28H30F3N3O4. The van der Waals surface area contributed by atoms with Crippen molar-refractivity contribution in [3.63, 3.8) is 0 Å². The van der Waals surface area contributed by atoms with Gasteiger partial charge in [0.05, 0.1) is 11.8 Å². The number of halogens is 3. The monoisotopic (exact) mass is 529 g/mol. The van der Waals surface area contributed by atoms with Gasteiger partial charge in [0.1, 0.15) is 22.6 Å². The van der Waals surface area contributed by atoms with Gasteiger partial charge in [-0.05, 0) is 75.5 Å². The van der Waals surface area contributed by atoms with Crippen LogP contribution in [0.15, 0.2) is 48.7 Å². The van der Waals surface area contributed by atoms with Gasteiger partial charge in [0.15, 0.2) is 0 Å². The Morgan fingerprint density at radius 2 is 1.74 bits per heavy atom. The Morgan fingerprint density at radius 3 is 2.37 bits per heavy atom. The van der Waals surface area contributed by atoms with Crippen LogP contribution in [0, 0.1) is 0 Å². The molecule has 0 amide bonds. The molecule has 4 rings (SSSR count). The normalized spacial score (nSPS) is 14.2. The Hall–Kier alpha value is -3.66. The summed E-state index contributed by atoms with van der Waals surface area (Å²) in [5.41, 5.74) is 0.735. The third kappa shape index (κ3) is 6.42. The van der Waals surface area contributed by atoms with E-state index in [9.17, 15) is 22.8 Å². The number of carbonyl (C=O) groups excluding carboxylic acids is 2. The van der Waals surface area contributed by atoms with Crippen molar-refractivity contribution in [3.8, 4) is 17.0 Å². The predicted octanol–water partition coefficient (Wildman–Crippen LogP) is 6.34. The number of hydrogen-bond acceptors (Lipinski definition) is 6. The SMILES string of the molecule is CCCN1CCc2cc(OC(=O)c3cn(C(=O)OC(C)(C)C)nc3-c3ccc(C(F)(F)F)cc3)ccc2C1. The Morgan fingerprint density at radius 1 is 1.03 bits per heavy atom. The van der Waals surface area contributed by atoms with Crippen molar-refractivity contribution in [1.82, 2.24) is 14.7 Å². The van der Waals surface area contributed by atoms with Crippen LogP contribution in [-0.2, 0) is 23.9 Å². The Kier molecular flexibility index (Phi) is 7.64. The molecule has 0 radical (unpaired) electrons. The summed E-state index contributed by atoms with van der Waals surface area (Å²) in [4.78, 5) is 28.2. The van der Waals surface area contributed by atoms with Gasteiger partial charge in [0.2, 0.25) is 0 Å². The number of alkyl halides is 3. The lowest BCUT2D eigenvalue weighted by molar-refractivity contribution is -0.137. The number of rotatable bonds is 5. The Bertz CT molecular complexity index is 1320. The van der Waals surface area contributed by atoms with Crippen molar-refractivity contribution in [2.75, 3.05) is 13.1 Å². The highest BCUT2D eigenvalue weighted by molar-refractivity contribution is 5.98. The number of nitrogens with zero attached hydrogens (tertiary/aromatic N) is 3. The first-order valence-electron chi connectivity index (χ1n) is 12.4. The van der Waals surface area contributed by atoms with Crippen LogP contribution in [0.3, 0.4) is 0 Å². The summed E-state index contributed by atoms with van der Waals surface area (Å²) in [5, 5.41) is 4.17. The van der Waals surface area contributed by atoms with Crippen molar-refractivity contribution in [2.45, 2.75) is 58.9 Å². The molecule has 10 heteroatoms. The fourth-order valence-corrected chi connectivity index (χ4v) is 4.28. The molecule has 0 saturated carbocycles. The Balaban J connectivity index is 1.63. The van der Waals surface area contributed by atoms with Gasteiger partial charge in [-0.1, -0.05) is 25.1 Å². The van der Waals surface area contributed by atoms with Crippen LogP contribution in [-0.4, -0.2) is 45.4 Å². The van der Waals surface area contributed by atoms with Crippen molar-refractivity contribution < 1.29 is 32.2 Å². The lowest BCUT2D eigenvalue weighted by Crippen LogP contribution is -2.31. The first kappa shape index (κ1) is 27.4. The van der Waals surface area contributed by atoms with E-state index in [-0.39, 0.29) is 16.8 Å². The van der Waals surface area contributed by atoms with E-state index in [0.717, 1.165) is 54.9 Å². The van der Waals surface area contributed by atoms with E-state index in [0.29, 0.717) is 5.75 Å². The van der Waals surface area contributed by atoms with Crippen LogP contribution in [0.25, 0.3) is 11.3 Å². The average Bonchev–Trinajstić information content (AvgIpc) is 3.29. The molecule has 1 aliphatic heterocycles. The van der Waals surface area contributed by atoms with Gasteiger partial charge in [-0.25, -0.2) is 9.59 Å². The maximum Gasteiger partial charge on any atom is 0.435 e. The van der Waals surface area contributed by atoms with E-state index in [2.05, 4.69) is 16.9 Å². The fourth-order valence-electron chi connectivity index (χ4n) is 4.28. The van der Waals surface area contributed by atoms with Gasteiger partial charge >= 0.3 is 18.2 Å². The summed E-state index contributed by atoms with van der Waals surface area (Å²) >= 11 is 0. The van der Waals surface area contributed by atoms with Crippen molar-refractivity contribution in [1.29, 1.82) is 0 Å². The lowest BCUT2D eigenvalue weighted by atomic mass is 9.99.